The number of allylic oxidation sites excluding steroid dienone is 4. The van der Waals surface area contributed by atoms with E-state index in [1.54, 1.807) is 15.9 Å². The van der Waals surface area contributed by atoms with Crippen molar-refractivity contribution in [1.82, 2.24) is 9.13 Å². The Morgan fingerprint density at radius 2 is 0.797 bits per heavy atom. The van der Waals surface area contributed by atoms with Crippen LogP contribution < -0.4 is 15.9 Å². The standard InChI is InChI=1S/C28H30P2.2C20H12N.2Au/c1-5-15-25(16-6-1)29(26-17-7-2-8-18-26)23-13-14-24-30(27-19-9-3-10-20-27)28-21-11-4-12-22-28;2*1-2-15-9-8-13-18-17-12-6-7-14-19(17)21(20(15)18)16-10-4-3-5-11-16;;/h1-12,15-21,28H,13-14,22-24H2;2*3-14H;;/q;2*-1;2*+1/p+2. The first kappa shape index (κ1) is 53.8. The number of hydrogen-bond donors (Lipinski definition) is 0. The summed E-state index contributed by atoms with van der Waals surface area (Å²) < 4.78 is 4.42. The van der Waals surface area contributed by atoms with Crippen LogP contribution in [0.1, 0.15) is 30.4 Å². The number of unbranched alkanes of at least 4 members (excludes halogenated alkanes) is 1. The van der Waals surface area contributed by atoms with E-state index in [1.807, 2.05) is 60.7 Å². The Morgan fingerprint density at radius 3 is 1.23 bits per heavy atom. The van der Waals surface area contributed by atoms with E-state index in [4.69, 9.17) is 12.8 Å². The summed E-state index contributed by atoms with van der Waals surface area (Å²) in [4.78, 5) is 0. The fourth-order valence-corrected chi connectivity index (χ4v) is 16.1. The Kier molecular flexibility index (Phi) is 19.4. The van der Waals surface area contributed by atoms with Crippen molar-refractivity contribution in [2.75, 3.05) is 12.3 Å². The zero-order chi connectivity index (χ0) is 48.9. The van der Waals surface area contributed by atoms with Gasteiger partial charge in [-0.2, -0.15) is 0 Å². The van der Waals surface area contributed by atoms with Crippen molar-refractivity contribution in [3.05, 3.63) is 285 Å². The molecule has 2 heterocycles. The third-order valence-corrected chi connectivity index (χ3v) is 19.8. The van der Waals surface area contributed by atoms with Crippen LogP contribution in [-0.2, 0) is 44.8 Å². The average molecular weight is 1360 g/mol. The largest absolute Gasteiger partial charge is 1.00 e. The van der Waals surface area contributed by atoms with E-state index in [1.165, 1.54) is 42.4 Å². The van der Waals surface area contributed by atoms with E-state index >= 15 is 0 Å². The quantitative estimate of drug-likeness (QED) is 0.0402. The molecule has 11 aromatic rings. The first-order chi connectivity index (χ1) is 35.7. The van der Waals surface area contributed by atoms with Crippen LogP contribution in [0.3, 0.4) is 0 Å². The van der Waals surface area contributed by atoms with Gasteiger partial charge in [-0.1, -0.05) is 170 Å². The minimum atomic E-state index is -0.700. The van der Waals surface area contributed by atoms with E-state index in [-0.39, 0.29) is 44.8 Å². The summed E-state index contributed by atoms with van der Waals surface area (Å²) in [6.45, 7) is 0. The minimum Gasteiger partial charge on any atom is -0.366 e. The molecule has 1 aliphatic rings. The van der Waals surface area contributed by atoms with Gasteiger partial charge in [0.2, 0.25) is 0 Å². The van der Waals surface area contributed by atoms with Crippen LogP contribution in [0.5, 0.6) is 0 Å². The van der Waals surface area contributed by atoms with E-state index in [2.05, 4.69) is 221 Å². The molecule has 0 spiro atoms. The summed E-state index contributed by atoms with van der Waals surface area (Å²) in [5.41, 5.74) is 8.95. The van der Waals surface area contributed by atoms with Gasteiger partial charge in [-0.15, -0.1) is 23.3 Å². The molecule has 0 aliphatic heterocycles. The van der Waals surface area contributed by atoms with E-state index < -0.39 is 15.8 Å². The second-order valence-corrected chi connectivity index (χ2v) is 23.5. The molecule has 0 bridgehead atoms. The first-order valence-corrected chi connectivity index (χ1v) is 28.4. The number of para-hydroxylation sites is 6. The number of hydrogen-bond acceptors (Lipinski definition) is 0. The van der Waals surface area contributed by atoms with Crippen molar-refractivity contribution in [3.63, 3.8) is 0 Å². The van der Waals surface area contributed by atoms with Gasteiger partial charge in [-0.05, 0) is 114 Å². The maximum atomic E-state index is 7.60. The molecule has 0 saturated heterocycles. The number of benzene rings is 9. The zero-order valence-corrected chi connectivity index (χ0v) is 47.3. The topological polar surface area (TPSA) is 9.86 Å². The van der Waals surface area contributed by atoms with Gasteiger partial charge in [-0.25, -0.2) is 0 Å². The maximum absolute atomic E-state index is 7.60. The monoisotopic (exact) mass is 1360 g/mol. The van der Waals surface area contributed by atoms with Crippen molar-refractivity contribution in [1.29, 1.82) is 0 Å². The smallest absolute Gasteiger partial charge is 0.366 e. The summed E-state index contributed by atoms with van der Waals surface area (Å²) in [6.07, 6.45) is 31.0. The molecule has 1 aliphatic carbocycles. The molecule has 0 amide bonds. The maximum Gasteiger partial charge on any atom is 1.00 e. The van der Waals surface area contributed by atoms with Crippen LogP contribution in [0.25, 0.3) is 55.0 Å². The van der Waals surface area contributed by atoms with Crippen LogP contribution in [0, 0.1) is 24.7 Å². The van der Waals surface area contributed by atoms with Crippen molar-refractivity contribution in [2.45, 2.75) is 24.9 Å². The molecule has 2 nitrogen and oxygen atoms in total. The van der Waals surface area contributed by atoms with Crippen molar-refractivity contribution in [3.8, 4) is 23.2 Å². The third-order valence-electron chi connectivity index (χ3n) is 13.6. The fraction of sp³-hybridized carbons (Fsp3) is 0.0882. The molecule has 9 aromatic carbocycles. The van der Waals surface area contributed by atoms with Crippen molar-refractivity contribution < 1.29 is 44.8 Å². The van der Waals surface area contributed by atoms with E-state index in [9.17, 15) is 0 Å². The Labute approximate surface area is 470 Å². The molecule has 0 radical (unpaired) electrons. The van der Waals surface area contributed by atoms with Gasteiger partial charge in [0.05, 0.1) is 52.9 Å². The summed E-state index contributed by atoms with van der Waals surface area (Å²) in [5, 5.41) is 9.41. The molecule has 0 fully saturated rings. The Hall–Kier alpha value is -6.48. The summed E-state index contributed by atoms with van der Waals surface area (Å²) in [5.74, 6) is 5.14. The van der Waals surface area contributed by atoms with Crippen LogP contribution in [0.15, 0.2) is 261 Å². The molecule has 368 valence electrons. The molecule has 0 N–H and O–H groups in total. The van der Waals surface area contributed by atoms with Crippen molar-refractivity contribution >= 4 is 75.4 Å². The number of fused-ring (bicyclic) bond motifs is 6. The molecule has 6 heteroatoms. The second-order valence-electron chi connectivity index (χ2n) is 18.0. The van der Waals surface area contributed by atoms with Gasteiger partial charge in [0, 0.05) is 36.5 Å². The molecule has 2 unspecified atom stereocenters. The van der Waals surface area contributed by atoms with E-state index in [0.717, 1.165) is 61.0 Å². The molecule has 74 heavy (non-hydrogen) atoms. The average Bonchev–Trinajstić information content (AvgIpc) is 4.00. The zero-order valence-electron chi connectivity index (χ0n) is 40.9. The van der Waals surface area contributed by atoms with Crippen molar-refractivity contribution in [2.24, 2.45) is 0 Å². The molecule has 2 atom stereocenters. The Bertz CT molecular complexity index is 3500. The van der Waals surface area contributed by atoms with Crippen LogP contribution in [-0.4, -0.2) is 27.1 Å². The van der Waals surface area contributed by atoms with Gasteiger partial charge in [0.15, 0.2) is 0 Å². The summed E-state index contributed by atoms with van der Waals surface area (Å²) >= 11 is 0. The number of rotatable bonds is 11. The van der Waals surface area contributed by atoms with Gasteiger partial charge in [-0.3, -0.25) is 11.8 Å². The normalized spacial score (nSPS) is 12.9. The predicted octanol–water partition coefficient (Wildman–Crippen LogP) is 15.5. The van der Waals surface area contributed by atoms with Gasteiger partial charge in [0.25, 0.3) is 0 Å². The summed E-state index contributed by atoms with van der Waals surface area (Å²) in [6, 6.07) is 83.0. The molecule has 0 saturated carbocycles. The fourth-order valence-electron chi connectivity index (χ4n) is 10.3. The minimum absolute atomic E-state index is 0. The van der Waals surface area contributed by atoms with Gasteiger partial charge >= 0.3 is 44.8 Å². The molecular formula is C68H56Au2N2P2+2. The van der Waals surface area contributed by atoms with Crippen LogP contribution in [0.4, 0.5) is 0 Å². The summed E-state index contributed by atoms with van der Waals surface area (Å²) in [7, 11) is -1.28. The molecule has 2 aromatic heterocycles. The molecular weight excluding hydrogens is 1300 g/mol. The Balaban J connectivity index is 0.000000149. The van der Waals surface area contributed by atoms with Gasteiger partial charge < -0.3 is 22.0 Å². The predicted molar refractivity (Wildman–Crippen MR) is 315 cm³/mol. The second kappa shape index (κ2) is 26.6. The third kappa shape index (κ3) is 12.0. The van der Waals surface area contributed by atoms with Crippen LogP contribution in [0.2, 0.25) is 0 Å². The number of nitrogens with zero attached hydrogens (tertiary/aromatic N) is 2. The molecule has 12 rings (SSSR count). The number of aromatic nitrogens is 2. The van der Waals surface area contributed by atoms with E-state index in [0.29, 0.717) is 0 Å². The van der Waals surface area contributed by atoms with Gasteiger partial charge in [0.1, 0.15) is 0 Å². The first-order valence-electron chi connectivity index (χ1n) is 24.9. The Morgan fingerprint density at radius 1 is 0.405 bits per heavy atom. The van der Waals surface area contributed by atoms with Crippen LogP contribution >= 0.6 is 15.8 Å². The SMILES string of the molecule is C1=CCC([PH+](CCCC[PH+](c2ccccc2)c2ccccc2)c2ccccc2)C=C1.[Au+].[Au+].[C-]#Cc1cccc2c3ccccc3n(-c3ccccc3)c12.[C-]#Cc1cccc2c3ccccc3n(-c3ccccc3)c12.